The van der Waals surface area contributed by atoms with Gasteiger partial charge in [-0.2, -0.15) is 5.10 Å². The van der Waals surface area contributed by atoms with Crippen LogP contribution in [0.1, 0.15) is 25.3 Å². The molecule has 128 valence electrons. The average Bonchev–Trinajstić information content (AvgIpc) is 3.12. The normalized spacial score (nSPS) is 29.7. The lowest BCUT2D eigenvalue weighted by molar-refractivity contribution is -0.169. The minimum Gasteiger partial charge on any atom is -0.481 e. The molecule has 0 bridgehead atoms. The molecular formula is C17H20ClN3O3. The number of rotatable bonds is 5. The number of hydrogen-bond acceptors (Lipinski definition) is 4. The summed E-state index contributed by atoms with van der Waals surface area (Å²) in [5.74, 6) is -1.17. The van der Waals surface area contributed by atoms with Gasteiger partial charge in [-0.3, -0.25) is 9.48 Å². The van der Waals surface area contributed by atoms with Crippen LogP contribution in [0.25, 0.3) is 0 Å². The Morgan fingerprint density at radius 3 is 2.71 bits per heavy atom. The van der Waals surface area contributed by atoms with E-state index < -0.39 is 17.0 Å². The lowest BCUT2D eigenvalue weighted by Gasteiger charge is -2.40. The van der Waals surface area contributed by atoms with E-state index in [1.165, 1.54) is 17.3 Å². The van der Waals surface area contributed by atoms with E-state index in [0.29, 0.717) is 24.3 Å². The van der Waals surface area contributed by atoms with Crippen molar-refractivity contribution in [2.75, 3.05) is 0 Å². The van der Waals surface area contributed by atoms with Crippen molar-refractivity contribution in [1.29, 1.82) is 0 Å². The molecule has 1 aromatic carbocycles. The summed E-state index contributed by atoms with van der Waals surface area (Å²) in [5.41, 5.74) is -1.61. The van der Waals surface area contributed by atoms with Crippen LogP contribution in [-0.4, -0.2) is 36.5 Å². The van der Waals surface area contributed by atoms with E-state index in [2.05, 4.69) is 10.1 Å². The van der Waals surface area contributed by atoms with Gasteiger partial charge in [-0.25, -0.2) is 4.98 Å². The molecule has 0 spiro atoms. The van der Waals surface area contributed by atoms with E-state index in [1.54, 1.807) is 19.1 Å². The zero-order chi connectivity index (χ0) is 17.4. The lowest BCUT2D eigenvalue weighted by Crippen LogP contribution is -2.54. The Morgan fingerprint density at radius 1 is 1.42 bits per heavy atom. The SMILES string of the molecule is C[C@@]1(C(=O)O)CC[C@H](Cc2ccc(Cl)cc2)[C@@]1(O)Cn1cncn1. The van der Waals surface area contributed by atoms with Crippen molar-refractivity contribution in [3.8, 4) is 0 Å². The number of aliphatic carboxylic acids is 1. The second kappa shape index (κ2) is 6.18. The van der Waals surface area contributed by atoms with Crippen LogP contribution < -0.4 is 0 Å². The lowest BCUT2D eigenvalue weighted by atomic mass is 9.71. The number of hydrogen-bond donors (Lipinski definition) is 2. The summed E-state index contributed by atoms with van der Waals surface area (Å²) in [4.78, 5) is 15.8. The van der Waals surface area contributed by atoms with Gasteiger partial charge in [-0.1, -0.05) is 23.7 Å². The summed E-state index contributed by atoms with van der Waals surface area (Å²) >= 11 is 5.92. The largest absolute Gasteiger partial charge is 0.481 e. The third kappa shape index (κ3) is 2.80. The molecule has 0 saturated heterocycles. The molecule has 1 aromatic heterocycles. The van der Waals surface area contributed by atoms with Crippen molar-refractivity contribution >= 4 is 17.6 Å². The van der Waals surface area contributed by atoms with Crippen molar-refractivity contribution in [2.24, 2.45) is 11.3 Å². The first-order valence-corrected chi connectivity index (χ1v) is 8.25. The van der Waals surface area contributed by atoms with Crippen LogP contribution in [0.4, 0.5) is 0 Å². The number of benzene rings is 1. The predicted octanol–water partition coefficient (Wildman–Crippen LogP) is 2.41. The van der Waals surface area contributed by atoms with Crippen molar-refractivity contribution in [3.63, 3.8) is 0 Å². The number of carbonyl (C=O) groups is 1. The minimum atomic E-state index is -1.41. The van der Waals surface area contributed by atoms with Crippen molar-refractivity contribution in [1.82, 2.24) is 14.8 Å². The van der Waals surface area contributed by atoms with Gasteiger partial charge in [0.1, 0.15) is 18.3 Å². The van der Waals surface area contributed by atoms with Gasteiger partial charge in [-0.05, 0) is 49.8 Å². The van der Waals surface area contributed by atoms with Gasteiger partial charge >= 0.3 is 5.97 Å². The molecule has 0 radical (unpaired) electrons. The Balaban J connectivity index is 1.92. The summed E-state index contributed by atoms with van der Waals surface area (Å²) in [6, 6.07) is 7.43. The summed E-state index contributed by atoms with van der Waals surface area (Å²) in [5, 5.41) is 25.9. The molecule has 6 nitrogen and oxygen atoms in total. The van der Waals surface area contributed by atoms with E-state index in [0.717, 1.165) is 5.56 Å². The van der Waals surface area contributed by atoms with Crippen LogP contribution in [0.3, 0.4) is 0 Å². The van der Waals surface area contributed by atoms with Crippen LogP contribution in [0.5, 0.6) is 0 Å². The topological polar surface area (TPSA) is 88.2 Å². The first kappa shape index (κ1) is 16.9. The molecule has 2 N–H and O–H groups in total. The Bertz CT molecular complexity index is 719. The Labute approximate surface area is 145 Å². The average molecular weight is 350 g/mol. The van der Waals surface area contributed by atoms with Crippen LogP contribution in [0.2, 0.25) is 5.02 Å². The van der Waals surface area contributed by atoms with Gasteiger partial charge in [0.05, 0.1) is 12.0 Å². The summed E-state index contributed by atoms with van der Waals surface area (Å²) in [6.07, 6.45) is 4.52. The highest BCUT2D eigenvalue weighted by atomic mass is 35.5. The summed E-state index contributed by atoms with van der Waals surface area (Å²) < 4.78 is 1.50. The van der Waals surface area contributed by atoms with E-state index in [9.17, 15) is 15.0 Å². The van der Waals surface area contributed by atoms with Gasteiger partial charge in [0, 0.05) is 5.02 Å². The molecule has 3 rings (SSSR count). The Hall–Kier alpha value is -1.92. The Morgan fingerprint density at radius 2 is 2.12 bits per heavy atom. The number of nitrogens with zero attached hydrogens (tertiary/aromatic N) is 3. The maximum atomic E-state index is 11.9. The highest BCUT2D eigenvalue weighted by Crippen LogP contribution is 2.52. The molecule has 0 aliphatic heterocycles. The second-order valence-electron chi connectivity index (χ2n) is 6.72. The van der Waals surface area contributed by atoms with Gasteiger partial charge < -0.3 is 10.2 Å². The first-order valence-electron chi connectivity index (χ1n) is 7.88. The van der Waals surface area contributed by atoms with E-state index in [4.69, 9.17) is 11.6 Å². The van der Waals surface area contributed by atoms with E-state index >= 15 is 0 Å². The van der Waals surface area contributed by atoms with Gasteiger partial charge in [-0.15, -0.1) is 0 Å². The number of aliphatic hydroxyl groups is 1. The van der Waals surface area contributed by atoms with Crippen LogP contribution in [0, 0.1) is 11.3 Å². The molecule has 0 unspecified atom stereocenters. The fourth-order valence-electron chi connectivity index (χ4n) is 3.70. The quantitative estimate of drug-likeness (QED) is 0.865. The third-order valence-corrected chi connectivity index (χ3v) is 5.61. The maximum absolute atomic E-state index is 11.9. The number of aromatic nitrogens is 3. The molecule has 1 heterocycles. The van der Waals surface area contributed by atoms with Crippen LogP contribution >= 0.6 is 11.6 Å². The zero-order valence-corrected chi connectivity index (χ0v) is 14.1. The molecule has 7 heteroatoms. The zero-order valence-electron chi connectivity index (χ0n) is 13.4. The first-order chi connectivity index (χ1) is 11.3. The molecule has 1 fully saturated rings. The van der Waals surface area contributed by atoms with Crippen molar-refractivity contribution in [2.45, 2.75) is 38.3 Å². The second-order valence-corrected chi connectivity index (χ2v) is 7.16. The predicted molar refractivity (Wildman–Crippen MR) is 88.6 cm³/mol. The highest BCUT2D eigenvalue weighted by molar-refractivity contribution is 6.30. The third-order valence-electron chi connectivity index (χ3n) is 5.36. The fraction of sp³-hybridized carbons (Fsp3) is 0.471. The van der Waals surface area contributed by atoms with Crippen LogP contribution in [-0.2, 0) is 17.8 Å². The van der Waals surface area contributed by atoms with Crippen molar-refractivity contribution in [3.05, 3.63) is 47.5 Å². The smallest absolute Gasteiger partial charge is 0.312 e. The highest BCUT2D eigenvalue weighted by Gasteiger charge is 2.61. The monoisotopic (exact) mass is 349 g/mol. The molecule has 0 amide bonds. The van der Waals surface area contributed by atoms with Gasteiger partial charge in [0.2, 0.25) is 0 Å². The number of carboxylic acid groups (broad SMARTS) is 1. The maximum Gasteiger partial charge on any atom is 0.312 e. The summed E-state index contributed by atoms with van der Waals surface area (Å²) in [6.45, 7) is 1.72. The van der Waals surface area contributed by atoms with Gasteiger partial charge in [0.25, 0.3) is 0 Å². The minimum absolute atomic E-state index is 0.105. The van der Waals surface area contributed by atoms with E-state index in [-0.39, 0.29) is 12.5 Å². The summed E-state index contributed by atoms with van der Waals surface area (Å²) in [7, 11) is 0. The molecular weight excluding hydrogens is 330 g/mol. The fourth-order valence-corrected chi connectivity index (χ4v) is 3.83. The molecule has 2 aromatic rings. The van der Waals surface area contributed by atoms with Crippen molar-refractivity contribution < 1.29 is 15.0 Å². The number of halogens is 1. The standard InChI is InChI=1S/C17H20ClN3O3/c1-16(15(22)23)7-6-13(8-12-2-4-14(18)5-3-12)17(16,24)9-21-11-19-10-20-21/h2-5,10-11,13,24H,6-9H2,1H3,(H,22,23)/t13-,16+,17+/m1/s1. The molecule has 24 heavy (non-hydrogen) atoms. The molecule has 1 aliphatic carbocycles. The van der Waals surface area contributed by atoms with E-state index in [1.807, 2.05) is 12.1 Å². The van der Waals surface area contributed by atoms with Gasteiger partial charge in [0.15, 0.2) is 0 Å². The molecule has 1 aliphatic rings. The molecule has 1 saturated carbocycles. The molecule has 3 atom stereocenters. The number of carboxylic acids is 1. The Kier molecular flexibility index (Phi) is 4.36. The van der Waals surface area contributed by atoms with Crippen LogP contribution in [0.15, 0.2) is 36.9 Å².